The Morgan fingerprint density at radius 2 is 2.05 bits per heavy atom. The fraction of sp³-hybridized carbons (Fsp3) is 0.235. The fourth-order valence-corrected chi connectivity index (χ4v) is 2.15. The summed E-state index contributed by atoms with van der Waals surface area (Å²) < 4.78 is 18.8. The van der Waals surface area contributed by atoms with Crippen molar-refractivity contribution in [3.05, 3.63) is 58.9 Å². The van der Waals surface area contributed by atoms with E-state index in [1.165, 1.54) is 18.2 Å². The number of aryl methyl sites for hydroxylation is 1. The standard InChI is InChI=1S/C17H17ClFNO2/c1-3-12-6-4-5-7-16(12)22-11(2)17(21)20-13-8-9-15(19)14(18)10-13/h4-11H,3H2,1-2H3,(H,20,21). The molecule has 22 heavy (non-hydrogen) atoms. The van der Waals surface area contributed by atoms with Crippen LogP contribution in [-0.4, -0.2) is 12.0 Å². The van der Waals surface area contributed by atoms with Crippen LogP contribution in [0.1, 0.15) is 19.4 Å². The van der Waals surface area contributed by atoms with Crippen molar-refractivity contribution in [2.45, 2.75) is 26.4 Å². The third kappa shape index (κ3) is 3.98. The SMILES string of the molecule is CCc1ccccc1OC(C)C(=O)Nc1ccc(F)c(Cl)c1. The molecule has 1 unspecified atom stereocenters. The fourth-order valence-electron chi connectivity index (χ4n) is 1.97. The molecule has 116 valence electrons. The van der Waals surface area contributed by atoms with Crippen molar-refractivity contribution in [1.29, 1.82) is 0 Å². The minimum Gasteiger partial charge on any atom is -0.481 e. The Morgan fingerprint density at radius 3 is 2.73 bits per heavy atom. The Hall–Kier alpha value is -2.07. The van der Waals surface area contributed by atoms with Crippen LogP contribution in [0.15, 0.2) is 42.5 Å². The maximum Gasteiger partial charge on any atom is 0.265 e. The highest BCUT2D eigenvalue weighted by molar-refractivity contribution is 6.31. The number of ether oxygens (including phenoxy) is 1. The second-order valence-electron chi connectivity index (χ2n) is 4.84. The van der Waals surface area contributed by atoms with Gasteiger partial charge in [-0.3, -0.25) is 4.79 Å². The quantitative estimate of drug-likeness (QED) is 0.883. The highest BCUT2D eigenvalue weighted by Crippen LogP contribution is 2.22. The molecule has 2 rings (SSSR count). The van der Waals surface area contributed by atoms with Gasteiger partial charge in [-0.1, -0.05) is 36.7 Å². The molecule has 0 fully saturated rings. The average molecular weight is 322 g/mol. The number of benzene rings is 2. The van der Waals surface area contributed by atoms with E-state index in [0.29, 0.717) is 11.4 Å². The lowest BCUT2D eigenvalue weighted by Crippen LogP contribution is -2.30. The normalized spacial score (nSPS) is 11.8. The van der Waals surface area contributed by atoms with Gasteiger partial charge in [0.15, 0.2) is 6.10 Å². The molecule has 1 atom stereocenters. The minimum absolute atomic E-state index is 0.0392. The molecule has 5 heteroatoms. The molecular formula is C17H17ClFNO2. The minimum atomic E-state index is -0.684. The Labute approximate surface area is 134 Å². The van der Waals surface area contributed by atoms with Crippen molar-refractivity contribution >= 4 is 23.2 Å². The summed E-state index contributed by atoms with van der Waals surface area (Å²) in [7, 11) is 0. The number of rotatable bonds is 5. The van der Waals surface area contributed by atoms with E-state index in [9.17, 15) is 9.18 Å². The first kappa shape index (κ1) is 16.3. The Balaban J connectivity index is 2.04. The van der Waals surface area contributed by atoms with Crippen molar-refractivity contribution in [3.8, 4) is 5.75 Å². The van der Waals surface area contributed by atoms with Gasteiger partial charge in [-0.2, -0.15) is 0 Å². The lowest BCUT2D eigenvalue weighted by molar-refractivity contribution is -0.122. The summed E-state index contributed by atoms with van der Waals surface area (Å²) in [6, 6.07) is 11.6. The largest absolute Gasteiger partial charge is 0.481 e. The first-order chi connectivity index (χ1) is 10.5. The second kappa shape index (κ2) is 7.27. The number of carbonyl (C=O) groups excluding carboxylic acids is 1. The zero-order valence-electron chi connectivity index (χ0n) is 12.4. The predicted octanol–water partition coefficient (Wildman–Crippen LogP) is 4.45. The Morgan fingerprint density at radius 1 is 1.32 bits per heavy atom. The van der Waals surface area contributed by atoms with Gasteiger partial charge in [0, 0.05) is 5.69 Å². The lowest BCUT2D eigenvalue weighted by Gasteiger charge is -2.17. The molecule has 0 radical (unpaired) electrons. The molecule has 0 aliphatic carbocycles. The highest BCUT2D eigenvalue weighted by atomic mass is 35.5. The topological polar surface area (TPSA) is 38.3 Å². The number of nitrogens with one attached hydrogen (secondary N) is 1. The maximum atomic E-state index is 13.1. The van der Waals surface area contributed by atoms with Gasteiger partial charge in [-0.15, -0.1) is 0 Å². The van der Waals surface area contributed by atoms with Gasteiger partial charge in [-0.25, -0.2) is 4.39 Å². The van der Waals surface area contributed by atoms with Gasteiger partial charge in [0.25, 0.3) is 5.91 Å². The monoisotopic (exact) mass is 321 g/mol. The molecule has 0 aromatic heterocycles. The van der Waals surface area contributed by atoms with E-state index in [4.69, 9.17) is 16.3 Å². The second-order valence-corrected chi connectivity index (χ2v) is 5.25. The molecule has 0 aliphatic rings. The van der Waals surface area contributed by atoms with Gasteiger partial charge < -0.3 is 10.1 Å². The molecule has 0 aliphatic heterocycles. The van der Waals surface area contributed by atoms with Crippen LogP contribution in [0.2, 0.25) is 5.02 Å². The summed E-state index contributed by atoms with van der Waals surface area (Å²) in [6.07, 6.45) is 0.134. The van der Waals surface area contributed by atoms with E-state index in [0.717, 1.165) is 12.0 Å². The van der Waals surface area contributed by atoms with Crippen LogP contribution in [0.25, 0.3) is 0 Å². The Bertz CT molecular complexity index is 675. The van der Waals surface area contributed by atoms with Gasteiger partial charge >= 0.3 is 0 Å². The van der Waals surface area contributed by atoms with Crippen LogP contribution in [-0.2, 0) is 11.2 Å². The van der Waals surface area contributed by atoms with Crippen LogP contribution >= 0.6 is 11.6 Å². The number of carbonyl (C=O) groups is 1. The van der Waals surface area contributed by atoms with E-state index in [1.807, 2.05) is 31.2 Å². The maximum absolute atomic E-state index is 13.1. The van der Waals surface area contributed by atoms with Crippen LogP contribution in [0.5, 0.6) is 5.75 Å². The van der Waals surface area contributed by atoms with Gasteiger partial charge in [0.2, 0.25) is 0 Å². The molecule has 1 N–H and O–H groups in total. The zero-order chi connectivity index (χ0) is 16.1. The smallest absolute Gasteiger partial charge is 0.265 e. The van der Waals surface area contributed by atoms with E-state index in [2.05, 4.69) is 5.32 Å². The van der Waals surface area contributed by atoms with E-state index in [1.54, 1.807) is 6.92 Å². The summed E-state index contributed by atoms with van der Waals surface area (Å²) >= 11 is 5.69. The third-order valence-electron chi connectivity index (χ3n) is 3.21. The van der Waals surface area contributed by atoms with Gasteiger partial charge in [-0.05, 0) is 43.2 Å². The van der Waals surface area contributed by atoms with Crippen molar-refractivity contribution in [2.75, 3.05) is 5.32 Å². The molecule has 1 amide bonds. The molecule has 0 saturated heterocycles. The number of amides is 1. The zero-order valence-corrected chi connectivity index (χ0v) is 13.2. The summed E-state index contributed by atoms with van der Waals surface area (Å²) in [6.45, 7) is 3.68. The number of hydrogen-bond acceptors (Lipinski definition) is 2. The third-order valence-corrected chi connectivity index (χ3v) is 3.50. The summed E-state index contributed by atoms with van der Waals surface area (Å²) in [5, 5.41) is 2.61. The lowest BCUT2D eigenvalue weighted by atomic mass is 10.1. The van der Waals surface area contributed by atoms with E-state index < -0.39 is 11.9 Å². The summed E-state index contributed by atoms with van der Waals surface area (Å²) in [5.41, 5.74) is 1.46. The number of para-hydroxylation sites is 1. The van der Waals surface area contributed by atoms with Crippen molar-refractivity contribution in [2.24, 2.45) is 0 Å². The van der Waals surface area contributed by atoms with Crippen molar-refractivity contribution < 1.29 is 13.9 Å². The van der Waals surface area contributed by atoms with Crippen LogP contribution in [0, 0.1) is 5.82 Å². The molecule has 0 bridgehead atoms. The number of halogens is 2. The van der Waals surface area contributed by atoms with Crippen molar-refractivity contribution in [1.82, 2.24) is 0 Å². The highest BCUT2D eigenvalue weighted by Gasteiger charge is 2.16. The molecule has 2 aromatic rings. The van der Waals surface area contributed by atoms with Gasteiger partial charge in [0.1, 0.15) is 11.6 Å². The summed E-state index contributed by atoms with van der Waals surface area (Å²) in [4.78, 5) is 12.1. The van der Waals surface area contributed by atoms with Gasteiger partial charge in [0.05, 0.1) is 5.02 Å². The molecule has 3 nitrogen and oxygen atoms in total. The first-order valence-electron chi connectivity index (χ1n) is 7.01. The van der Waals surface area contributed by atoms with E-state index >= 15 is 0 Å². The van der Waals surface area contributed by atoms with Crippen LogP contribution in [0.3, 0.4) is 0 Å². The van der Waals surface area contributed by atoms with Crippen LogP contribution in [0.4, 0.5) is 10.1 Å². The summed E-state index contributed by atoms with van der Waals surface area (Å²) in [5.74, 6) is -0.167. The molecule has 0 spiro atoms. The number of hydrogen-bond donors (Lipinski definition) is 1. The van der Waals surface area contributed by atoms with Crippen molar-refractivity contribution in [3.63, 3.8) is 0 Å². The molecule has 2 aromatic carbocycles. The molecule has 0 heterocycles. The Kier molecular flexibility index (Phi) is 5.39. The number of anilines is 1. The van der Waals surface area contributed by atoms with Crippen LogP contribution < -0.4 is 10.1 Å². The molecule has 0 saturated carbocycles. The predicted molar refractivity (Wildman–Crippen MR) is 85.9 cm³/mol. The molecular weight excluding hydrogens is 305 g/mol. The van der Waals surface area contributed by atoms with E-state index in [-0.39, 0.29) is 10.9 Å². The first-order valence-corrected chi connectivity index (χ1v) is 7.39. The average Bonchev–Trinajstić information content (AvgIpc) is 2.51.